The first-order chi connectivity index (χ1) is 8.93. The molecule has 0 bridgehead atoms. The van der Waals surface area contributed by atoms with Crippen molar-refractivity contribution in [1.29, 1.82) is 0 Å². The van der Waals surface area contributed by atoms with E-state index in [-0.39, 0.29) is 5.75 Å². The second kappa shape index (κ2) is 7.35. The fourth-order valence-electron chi connectivity index (χ4n) is 1.43. The summed E-state index contributed by atoms with van der Waals surface area (Å²) in [5, 5.41) is 0. The molecule has 1 aromatic rings. The van der Waals surface area contributed by atoms with Crippen LogP contribution in [0.15, 0.2) is 24.3 Å². The minimum Gasteiger partial charge on any atom is -0.577 e. The quantitative estimate of drug-likeness (QED) is 0.789. The number of rotatable bonds is 8. The summed E-state index contributed by atoms with van der Waals surface area (Å²) in [4.78, 5) is 0. The summed E-state index contributed by atoms with van der Waals surface area (Å²) < 4.78 is 32.4. The van der Waals surface area contributed by atoms with E-state index in [1.165, 1.54) is 0 Å². The maximum absolute atomic E-state index is 11.6. The lowest BCUT2D eigenvalue weighted by molar-refractivity contribution is -0.360. The summed E-state index contributed by atoms with van der Waals surface area (Å²) in [7, 11) is -3.43. The van der Waals surface area contributed by atoms with E-state index in [0.717, 1.165) is 6.42 Å². The summed E-state index contributed by atoms with van der Waals surface area (Å²) in [5.41, 5.74) is 3.92. The van der Waals surface area contributed by atoms with Crippen molar-refractivity contribution >= 4 is 15.7 Å². The maximum Gasteiger partial charge on any atom is 0.118 e. The van der Waals surface area contributed by atoms with E-state index >= 15 is 0 Å². The maximum atomic E-state index is 11.6. The fourth-order valence-corrected chi connectivity index (χ4v) is 2.32. The first-order valence-corrected chi connectivity index (χ1v) is 8.01. The molecule has 0 aromatic heterocycles. The Morgan fingerprint density at radius 1 is 1.37 bits per heavy atom. The molecule has 0 heterocycles. The SMILES string of the molecule is CC(C)CCOc1cccc([N-]S(=O)(=O)CC[NH3+])c1. The zero-order valence-electron chi connectivity index (χ0n) is 11.5. The van der Waals surface area contributed by atoms with Crippen molar-refractivity contribution in [3.05, 3.63) is 29.0 Å². The van der Waals surface area contributed by atoms with E-state index in [2.05, 4.69) is 24.3 Å². The molecule has 0 amide bonds. The number of ether oxygens (including phenoxy) is 1. The van der Waals surface area contributed by atoms with E-state index in [1.807, 2.05) is 0 Å². The predicted molar refractivity (Wildman–Crippen MR) is 76.0 cm³/mol. The van der Waals surface area contributed by atoms with Crippen molar-refractivity contribution in [3.63, 3.8) is 0 Å². The van der Waals surface area contributed by atoms with Gasteiger partial charge in [-0.2, -0.15) is 0 Å². The van der Waals surface area contributed by atoms with Gasteiger partial charge in [0, 0.05) is 0 Å². The lowest BCUT2D eigenvalue weighted by Gasteiger charge is -2.21. The van der Waals surface area contributed by atoms with Crippen molar-refractivity contribution in [2.75, 3.05) is 18.9 Å². The van der Waals surface area contributed by atoms with Gasteiger partial charge in [-0.1, -0.05) is 26.0 Å². The molecule has 0 aliphatic rings. The van der Waals surface area contributed by atoms with Crippen LogP contribution in [0.25, 0.3) is 4.72 Å². The average Bonchev–Trinajstić information content (AvgIpc) is 2.28. The summed E-state index contributed by atoms with van der Waals surface area (Å²) >= 11 is 0. The third-order valence-corrected chi connectivity index (χ3v) is 3.72. The summed E-state index contributed by atoms with van der Waals surface area (Å²) in [5.74, 6) is 1.18. The molecule has 0 radical (unpaired) electrons. The van der Waals surface area contributed by atoms with Gasteiger partial charge in [-0.05, 0) is 24.5 Å². The van der Waals surface area contributed by atoms with Gasteiger partial charge in [-0.3, -0.25) is 0 Å². The molecule has 19 heavy (non-hydrogen) atoms. The van der Waals surface area contributed by atoms with E-state index in [9.17, 15) is 8.42 Å². The molecule has 6 heteroatoms. The molecule has 0 saturated heterocycles. The van der Waals surface area contributed by atoms with Crippen LogP contribution in [0.5, 0.6) is 5.75 Å². The van der Waals surface area contributed by atoms with Crippen molar-refractivity contribution in [3.8, 4) is 5.75 Å². The molecule has 0 unspecified atom stereocenters. The van der Waals surface area contributed by atoms with Crippen molar-refractivity contribution in [2.45, 2.75) is 20.3 Å². The highest BCUT2D eigenvalue weighted by atomic mass is 32.2. The third kappa shape index (κ3) is 6.45. The molecule has 0 saturated carbocycles. The molecule has 0 spiro atoms. The molecule has 0 aliphatic heterocycles. The van der Waals surface area contributed by atoms with Gasteiger partial charge in [-0.25, -0.2) is 8.42 Å². The van der Waals surface area contributed by atoms with Gasteiger partial charge in [0.1, 0.15) is 5.75 Å². The van der Waals surface area contributed by atoms with Gasteiger partial charge in [0.15, 0.2) is 0 Å². The molecule has 0 atom stereocenters. The van der Waals surface area contributed by atoms with Gasteiger partial charge in [0.05, 0.1) is 28.9 Å². The molecule has 1 rings (SSSR count). The Morgan fingerprint density at radius 3 is 2.74 bits per heavy atom. The Hall–Kier alpha value is -1.27. The van der Waals surface area contributed by atoms with Crippen LogP contribution in [0.2, 0.25) is 0 Å². The highest BCUT2D eigenvalue weighted by Gasteiger charge is 2.00. The van der Waals surface area contributed by atoms with Crippen molar-refractivity contribution < 1.29 is 18.9 Å². The number of sulfonamides is 1. The Balaban J connectivity index is 2.62. The molecule has 3 N–H and O–H groups in total. The summed E-state index contributed by atoms with van der Waals surface area (Å²) in [6.07, 6.45) is 0.959. The molecule has 0 aliphatic carbocycles. The van der Waals surface area contributed by atoms with Crippen molar-refractivity contribution in [1.82, 2.24) is 0 Å². The Morgan fingerprint density at radius 2 is 2.11 bits per heavy atom. The van der Waals surface area contributed by atoms with Crippen LogP contribution in [-0.4, -0.2) is 27.3 Å². The number of hydrogen-bond donors (Lipinski definition) is 1. The monoisotopic (exact) mass is 286 g/mol. The van der Waals surface area contributed by atoms with E-state index in [4.69, 9.17) is 4.74 Å². The Labute approximate surface area is 115 Å². The first-order valence-electron chi connectivity index (χ1n) is 6.41. The topological polar surface area (TPSA) is 85.1 Å². The highest BCUT2D eigenvalue weighted by molar-refractivity contribution is 7.94. The summed E-state index contributed by atoms with van der Waals surface area (Å²) in [6.45, 7) is 5.18. The predicted octanol–water partition coefficient (Wildman–Crippen LogP) is 1.69. The number of benzene rings is 1. The van der Waals surface area contributed by atoms with E-state index < -0.39 is 10.0 Å². The molecule has 108 valence electrons. The van der Waals surface area contributed by atoms with E-state index in [1.54, 1.807) is 24.3 Å². The highest BCUT2D eigenvalue weighted by Crippen LogP contribution is 2.26. The van der Waals surface area contributed by atoms with Crippen LogP contribution in [0.4, 0.5) is 5.69 Å². The second-order valence-electron chi connectivity index (χ2n) is 4.76. The van der Waals surface area contributed by atoms with Crippen LogP contribution in [-0.2, 0) is 10.0 Å². The van der Waals surface area contributed by atoms with Crippen LogP contribution < -0.4 is 10.5 Å². The normalized spacial score (nSPS) is 11.6. The average molecular weight is 286 g/mol. The Kier molecular flexibility index (Phi) is 6.11. The second-order valence-corrected chi connectivity index (χ2v) is 6.51. The van der Waals surface area contributed by atoms with Crippen LogP contribution >= 0.6 is 0 Å². The van der Waals surface area contributed by atoms with Crippen LogP contribution in [0.1, 0.15) is 20.3 Å². The largest absolute Gasteiger partial charge is 0.577 e. The zero-order chi connectivity index (χ0) is 14.3. The molecular formula is C13H22N2O3S. The van der Waals surface area contributed by atoms with Gasteiger partial charge in [-0.15, -0.1) is 5.69 Å². The van der Waals surface area contributed by atoms with Gasteiger partial charge in [0.25, 0.3) is 0 Å². The third-order valence-electron chi connectivity index (χ3n) is 2.43. The van der Waals surface area contributed by atoms with Gasteiger partial charge in [0.2, 0.25) is 0 Å². The Bertz CT molecular complexity index is 486. The minimum absolute atomic E-state index is 0.0363. The van der Waals surface area contributed by atoms with Crippen LogP contribution in [0.3, 0.4) is 0 Å². The van der Waals surface area contributed by atoms with E-state index in [0.29, 0.717) is 30.5 Å². The zero-order valence-corrected chi connectivity index (χ0v) is 12.3. The number of hydrogen-bond acceptors (Lipinski definition) is 3. The number of nitrogens with zero attached hydrogens (tertiary/aromatic N) is 1. The summed E-state index contributed by atoms with van der Waals surface area (Å²) in [6, 6.07) is 6.83. The molecule has 0 fully saturated rings. The molecular weight excluding hydrogens is 264 g/mol. The van der Waals surface area contributed by atoms with Gasteiger partial charge >= 0.3 is 0 Å². The fraction of sp³-hybridized carbons (Fsp3) is 0.538. The minimum atomic E-state index is -3.43. The lowest BCUT2D eigenvalue weighted by Crippen LogP contribution is -2.52. The first kappa shape index (κ1) is 15.8. The molecule has 1 aromatic carbocycles. The smallest absolute Gasteiger partial charge is 0.118 e. The van der Waals surface area contributed by atoms with Crippen molar-refractivity contribution in [2.24, 2.45) is 5.92 Å². The standard InChI is InChI=1S/C13H21N2O3S/c1-11(2)6-8-18-13-5-3-4-12(10-13)15-19(16,17)9-7-14/h3-5,10-11H,6-9,14H2,1-2H3/q-1/p+1. The molecule has 5 nitrogen and oxygen atoms in total. The number of quaternary nitrogens is 1. The lowest BCUT2D eigenvalue weighted by atomic mass is 10.1. The van der Waals surface area contributed by atoms with Gasteiger partial charge < -0.3 is 15.2 Å². The van der Waals surface area contributed by atoms with Crippen LogP contribution in [0, 0.1) is 5.92 Å².